The molecule has 4 rings (SSSR count). The molecule has 4 atom stereocenters. The monoisotopic (exact) mass is 1200 g/mol. The first-order chi connectivity index (χ1) is 30.6. The first-order valence-corrected chi connectivity index (χ1v) is 24.7. The van der Waals surface area contributed by atoms with Crippen molar-refractivity contribution in [3.63, 3.8) is 0 Å². The van der Waals surface area contributed by atoms with Crippen molar-refractivity contribution in [3.05, 3.63) is 120 Å². The lowest BCUT2D eigenvalue weighted by Gasteiger charge is -2.15. The van der Waals surface area contributed by atoms with Crippen LogP contribution in [0.1, 0.15) is 60.5 Å². The Hall–Kier alpha value is -4.20. The molecule has 10 N–H and O–H groups in total. The summed E-state index contributed by atoms with van der Waals surface area (Å²) < 4.78 is 27.4. The molecule has 66 heavy (non-hydrogen) atoms. The number of aromatic nitrogens is 4. The molecule has 0 aliphatic heterocycles. The number of rotatable bonds is 14. The van der Waals surface area contributed by atoms with Gasteiger partial charge in [-0.25, -0.2) is 29.5 Å². The molecule has 25 heteroatoms. The van der Waals surface area contributed by atoms with E-state index in [9.17, 15) is 43.9 Å². The highest BCUT2D eigenvalue weighted by atomic mass is 79.9. The van der Waals surface area contributed by atoms with Gasteiger partial charge >= 0.3 is 17.9 Å². The predicted molar refractivity (Wildman–Crippen MR) is 261 cm³/mol. The minimum atomic E-state index is -2.23. The summed E-state index contributed by atoms with van der Waals surface area (Å²) in [5.74, 6) is -2.57. The minimum Gasteiger partial charge on any atom is -0.466 e. The standard InChI is InChI=1S/C10H12BrNO4.C10H10BrNO2.C8H9BrN2O3.C6H4BrNO.C6H13O3P.CH4O.H3N/c1-2-16-10(15)9(14)8(13)6-4-3-5-7(11)12-6;1-2-14-10(13)7-6-8-4-3-5-9(11)12-8;9-5-3-1-2-4(11-5)6(12)7(13)8(10)14;7-6-3-1-2-5(4-9)8-6;1-4-9-6(7)5-10(2,3)8;1-2;/h3-5,8-9,13-14H,2H2,1H3;3-7H,2H2,1H3;1-3,6-7,12-13H,(H2,10,14);1-4H;4-5H2,1-3H3;2H,1H3;1H3/b;7-6+;;;;;/t8-,9+;;6-,7+;;;;/m0.0..../s1. The van der Waals surface area contributed by atoms with E-state index >= 15 is 0 Å². The number of primary amides is 1. The maximum absolute atomic E-state index is 11.2. The van der Waals surface area contributed by atoms with Crippen molar-refractivity contribution in [3.8, 4) is 0 Å². The second-order valence-corrected chi connectivity index (χ2v) is 18.9. The molecule has 0 spiro atoms. The maximum Gasteiger partial charge on any atom is 0.338 e. The lowest BCUT2D eigenvalue weighted by Crippen LogP contribution is -2.34. The topological polar surface area (TPSA) is 344 Å². The van der Waals surface area contributed by atoms with Crippen LogP contribution < -0.4 is 11.9 Å². The molecular formula is C41H55Br4N6O14P. The third-order valence-electron chi connectivity index (χ3n) is 6.58. The average molecular weight is 1210 g/mol. The molecule has 0 saturated heterocycles. The van der Waals surface area contributed by atoms with Gasteiger partial charge in [-0.1, -0.05) is 24.3 Å². The van der Waals surface area contributed by atoms with E-state index in [0.717, 1.165) is 11.7 Å². The second kappa shape index (κ2) is 37.8. The Balaban J connectivity index is -0.000000751. The molecular weight excluding hydrogens is 1150 g/mol. The van der Waals surface area contributed by atoms with Crippen molar-refractivity contribution >= 4 is 107 Å². The first kappa shape index (κ1) is 66.1. The highest BCUT2D eigenvalue weighted by Crippen LogP contribution is 2.35. The molecule has 0 fully saturated rings. The summed E-state index contributed by atoms with van der Waals surface area (Å²) in [5.41, 5.74) is 6.38. The molecule has 0 unspecified atom stereocenters. The summed E-state index contributed by atoms with van der Waals surface area (Å²) in [6, 6.07) is 20.3. The van der Waals surface area contributed by atoms with E-state index in [2.05, 4.69) is 93.1 Å². The molecule has 4 aromatic heterocycles. The number of hydrogen-bond donors (Lipinski definition) is 7. The lowest BCUT2D eigenvalue weighted by atomic mass is 10.1. The predicted octanol–water partition coefficient (Wildman–Crippen LogP) is 5.54. The fourth-order valence-corrected chi connectivity index (χ4v) is 6.02. The van der Waals surface area contributed by atoms with E-state index < -0.39 is 43.4 Å². The van der Waals surface area contributed by atoms with Crippen LogP contribution in [0.4, 0.5) is 0 Å². The lowest BCUT2D eigenvalue weighted by molar-refractivity contribution is -0.159. The summed E-state index contributed by atoms with van der Waals surface area (Å²) in [5, 5.41) is 44.8. The van der Waals surface area contributed by atoms with E-state index in [-0.39, 0.29) is 42.2 Å². The zero-order valence-corrected chi connectivity index (χ0v) is 44.0. The van der Waals surface area contributed by atoms with Gasteiger partial charge in [-0.2, -0.15) is 0 Å². The Labute approximate surface area is 416 Å². The van der Waals surface area contributed by atoms with Gasteiger partial charge < -0.3 is 56.2 Å². The van der Waals surface area contributed by atoms with Crippen LogP contribution in [0.5, 0.6) is 0 Å². The number of ether oxygens (including phenoxy) is 3. The van der Waals surface area contributed by atoms with Crippen LogP contribution in [-0.4, -0.2) is 134 Å². The molecule has 0 aromatic carbocycles. The van der Waals surface area contributed by atoms with Crippen LogP contribution in [-0.2, 0) is 38.0 Å². The molecule has 4 aromatic rings. The highest BCUT2D eigenvalue weighted by molar-refractivity contribution is 9.11. The number of nitrogens with zero attached hydrogens (tertiary/aromatic N) is 4. The van der Waals surface area contributed by atoms with Gasteiger partial charge in [0.05, 0.1) is 50.2 Å². The number of carbonyl (C=O) groups excluding carboxylic acids is 5. The van der Waals surface area contributed by atoms with Crippen LogP contribution in [0.15, 0.2) is 97.3 Å². The number of esters is 3. The van der Waals surface area contributed by atoms with Crippen LogP contribution >= 0.6 is 70.9 Å². The van der Waals surface area contributed by atoms with Gasteiger partial charge in [0, 0.05) is 13.2 Å². The Morgan fingerprint density at radius 3 is 1.41 bits per heavy atom. The molecule has 0 aliphatic rings. The van der Waals surface area contributed by atoms with Gasteiger partial charge in [0.15, 0.2) is 18.5 Å². The van der Waals surface area contributed by atoms with Gasteiger partial charge in [-0.3, -0.25) is 14.4 Å². The van der Waals surface area contributed by atoms with Crippen LogP contribution in [0.2, 0.25) is 0 Å². The molecule has 0 aliphatic carbocycles. The van der Waals surface area contributed by atoms with E-state index in [0.29, 0.717) is 44.7 Å². The van der Waals surface area contributed by atoms with E-state index in [1.54, 1.807) is 88.7 Å². The Morgan fingerprint density at radius 2 is 1.05 bits per heavy atom. The molecule has 0 bridgehead atoms. The third-order valence-corrected chi connectivity index (χ3v) is 9.37. The summed E-state index contributed by atoms with van der Waals surface area (Å²) in [6.45, 7) is 9.15. The number of pyridine rings is 4. The number of carbonyl (C=O) groups is 5. The zero-order chi connectivity index (χ0) is 50.1. The molecule has 1 amide bonds. The fourth-order valence-electron chi connectivity index (χ4n) is 3.88. The number of aliphatic hydroxyl groups excluding tert-OH is 5. The summed E-state index contributed by atoms with van der Waals surface area (Å²) in [6.07, 6.45) is -2.31. The largest absolute Gasteiger partial charge is 0.466 e. The Kier molecular flexibility index (Phi) is 37.9. The Morgan fingerprint density at radius 1 is 0.652 bits per heavy atom. The average Bonchev–Trinajstić information content (AvgIpc) is 3.26. The Bertz CT molecular complexity index is 2140. The fraction of sp³-hybridized carbons (Fsp3) is 0.341. The van der Waals surface area contributed by atoms with Gasteiger partial charge in [0.2, 0.25) is 5.91 Å². The van der Waals surface area contributed by atoms with E-state index in [1.807, 2.05) is 12.1 Å². The molecule has 4 heterocycles. The van der Waals surface area contributed by atoms with Gasteiger partial charge in [0.1, 0.15) is 36.3 Å². The second-order valence-electron chi connectivity index (χ2n) is 12.2. The number of aliphatic hydroxyl groups is 5. The molecule has 366 valence electrons. The maximum atomic E-state index is 11.2. The van der Waals surface area contributed by atoms with Gasteiger partial charge in [-0.05, 0) is 152 Å². The van der Waals surface area contributed by atoms with Crippen LogP contribution in [0.3, 0.4) is 0 Å². The smallest absolute Gasteiger partial charge is 0.338 e. The SMILES string of the molecule is CCOC(=O)/C=C/c1cccc(Br)n1.CCOC(=O)CP(C)(C)=O.CCOC(=O)[C@H](O)[C@@H](O)c1cccc(Br)n1.CO.N.NC(=O)[C@H](O)[C@@H](O)c1cccc(Br)n1.O=Cc1cccc(Br)n1. The van der Waals surface area contributed by atoms with E-state index in [4.69, 9.17) is 20.7 Å². The van der Waals surface area contributed by atoms with Crippen LogP contribution in [0.25, 0.3) is 6.08 Å². The third kappa shape index (κ3) is 31.7. The first-order valence-electron chi connectivity index (χ1n) is 18.7. The number of halogens is 4. The number of nitrogens with two attached hydrogens (primary N) is 1. The van der Waals surface area contributed by atoms with Crippen molar-refractivity contribution in [2.45, 2.75) is 45.2 Å². The summed E-state index contributed by atoms with van der Waals surface area (Å²) in [4.78, 5) is 69.2. The molecule has 0 radical (unpaired) electrons. The van der Waals surface area contributed by atoms with Crippen LogP contribution in [0, 0.1) is 0 Å². The van der Waals surface area contributed by atoms with Crippen molar-refractivity contribution in [1.29, 1.82) is 0 Å². The molecule has 0 saturated carbocycles. The summed E-state index contributed by atoms with van der Waals surface area (Å²) >= 11 is 12.6. The summed E-state index contributed by atoms with van der Waals surface area (Å²) in [7, 11) is -1.23. The zero-order valence-electron chi connectivity index (χ0n) is 36.7. The van der Waals surface area contributed by atoms with Crippen molar-refractivity contribution < 1.29 is 68.3 Å². The van der Waals surface area contributed by atoms with Crippen molar-refractivity contribution in [2.24, 2.45) is 5.73 Å². The normalized spacial score (nSPS) is 11.8. The number of hydrogen-bond acceptors (Lipinski definition) is 19. The quantitative estimate of drug-likeness (QED) is 0.0203. The number of aldehydes is 1. The number of amides is 1. The van der Waals surface area contributed by atoms with Crippen molar-refractivity contribution in [2.75, 3.05) is 46.4 Å². The van der Waals surface area contributed by atoms with Gasteiger partial charge in [0.25, 0.3) is 0 Å². The van der Waals surface area contributed by atoms with E-state index in [1.165, 1.54) is 18.2 Å². The van der Waals surface area contributed by atoms with Crippen molar-refractivity contribution in [1.82, 2.24) is 26.1 Å². The van der Waals surface area contributed by atoms with Gasteiger partial charge in [-0.15, -0.1) is 0 Å². The molecule has 20 nitrogen and oxygen atoms in total. The minimum absolute atomic E-state index is 0. The highest BCUT2D eigenvalue weighted by Gasteiger charge is 2.28.